The van der Waals surface area contributed by atoms with Gasteiger partial charge in [0.15, 0.2) is 0 Å². The van der Waals surface area contributed by atoms with Gasteiger partial charge in [-0.25, -0.2) is 0 Å². The largest absolute Gasteiger partial charge is 0.380 e. The van der Waals surface area contributed by atoms with Crippen molar-refractivity contribution in [3.63, 3.8) is 0 Å². The van der Waals surface area contributed by atoms with Crippen LogP contribution in [0.3, 0.4) is 0 Å². The van der Waals surface area contributed by atoms with Crippen LogP contribution in [-0.2, 0) is 31.7 Å². The van der Waals surface area contributed by atoms with E-state index >= 15 is 0 Å². The number of nitrogens with zero attached hydrogens (tertiary/aromatic N) is 1. The zero-order chi connectivity index (χ0) is 18.7. The van der Waals surface area contributed by atoms with Crippen molar-refractivity contribution in [2.75, 3.05) is 24.3 Å². The molecule has 7 nitrogen and oxygen atoms in total. The SMILES string of the molecule is O=C1CCC(N2Cc3c(cccc3S(=O)CCOCCBr)C2=O)C(=O)N1. The molecular formula is C17H19BrN2O5S. The molecule has 1 aromatic rings. The van der Waals surface area contributed by atoms with Crippen LogP contribution in [0.4, 0.5) is 0 Å². The number of amides is 3. The highest BCUT2D eigenvalue weighted by Gasteiger charge is 2.40. The Morgan fingerprint density at radius 2 is 2.08 bits per heavy atom. The summed E-state index contributed by atoms with van der Waals surface area (Å²) in [6.07, 6.45) is 0.517. The van der Waals surface area contributed by atoms with Crippen molar-refractivity contribution in [2.24, 2.45) is 0 Å². The third-order valence-corrected chi connectivity index (χ3v) is 6.15. The molecule has 1 fully saturated rings. The summed E-state index contributed by atoms with van der Waals surface area (Å²) < 4.78 is 18.0. The van der Waals surface area contributed by atoms with Crippen molar-refractivity contribution < 1.29 is 23.3 Å². The highest BCUT2D eigenvalue weighted by atomic mass is 79.9. The van der Waals surface area contributed by atoms with E-state index in [0.29, 0.717) is 41.4 Å². The van der Waals surface area contributed by atoms with Crippen LogP contribution in [0.2, 0.25) is 0 Å². The molecule has 2 aliphatic rings. The van der Waals surface area contributed by atoms with Crippen LogP contribution in [0.15, 0.2) is 23.1 Å². The summed E-state index contributed by atoms with van der Waals surface area (Å²) in [4.78, 5) is 38.2. The van der Waals surface area contributed by atoms with Gasteiger partial charge in [-0.05, 0) is 18.6 Å². The zero-order valence-corrected chi connectivity index (χ0v) is 16.4. The van der Waals surface area contributed by atoms with E-state index in [1.165, 1.54) is 4.90 Å². The molecule has 0 aliphatic carbocycles. The quantitative estimate of drug-likeness (QED) is 0.385. The molecule has 2 unspecified atom stereocenters. The van der Waals surface area contributed by atoms with Crippen LogP contribution in [0.5, 0.6) is 0 Å². The van der Waals surface area contributed by atoms with Crippen molar-refractivity contribution in [3.05, 3.63) is 29.3 Å². The minimum atomic E-state index is -1.29. The second kappa shape index (κ2) is 8.41. The highest BCUT2D eigenvalue weighted by Crippen LogP contribution is 2.31. The molecule has 1 aromatic carbocycles. The van der Waals surface area contributed by atoms with Crippen molar-refractivity contribution in [1.82, 2.24) is 10.2 Å². The summed E-state index contributed by atoms with van der Waals surface area (Å²) >= 11 is 3.26. The Balaban J connectivity index is 1.76. The Hall–Kier alpha value is -1.58. The van der Waals surface area contributed by atoms with Crippen LogP contribution >= 0.6 is 15.9 Å². The number of alkyl halides is 1. The Labute approximate surface area is 162 Å². The molecular weight excluding hydrogens is 424 g/mol. The van der Waals surface area contributed by atoms with E-state index < -0.39 is 22.7 Å². The van der Waals surface area contributed by atoms with E-state index in [2.05, 4.69) is 21.2 Å². The number of hydrogen-bond acceptors (Lipinski definition) is 5. The summed E-state index contributed by atoms with van der Waals surface area (Å²) in [5.41, 5.74) is 1.17. The van der Waals surface area contributed by atoms with Gasteiger partial charge in [-0.2, -0.15) is 0 Å². The molecule has 0 aromatic heterocycles. The van der Waals surface area contributed by atoms with Gasteiger partial charge in [-0.3, -0.25) is 23.9 Å². The van der Waals surface area contributed by atoms with Gasteiger partial charge < -0.3 is 9.64 Å². The molecule has 0 radical (unpaired) electrons. The van der Waals surface area contributed by atoms with E-state index in [-0.39, 0.29) is 24.8 Å². The number of piperidine rings is 1. The van der Waals surface area contributed by atoms with Crippen LogP contribution < -0.4 is 5.32 Å². The number of rotatable bonds is 7. The van der Waals surface area contributed by atoms with E-state index in [4.69, 9.17) is 4.74 Å². The predicted molar refractivity (Wildman–Crippen MR) is 98.4 cm³/mol. The number of nitrogens with one attached hydrogen (secondary N) is 1. The fraction of sp³-hybridized carbons (Fsp3) is 0.471. The highest BCUT2D eigenvalue weighted by molar-refractivity contribution is 9.09. The van der Waals surface area contributed by atoms with E-state index in [9.17, 15) is 18.6 Å². The lowest BCUT2D eigenvalue weighted by Crippen LogP contribution is -2.52. The number of ether oxygens (including phenoxy) is 1. The van der Waals surface area contributed by atoms with Gasteiger partial charge in [-0.1, -0.05) is 22.0 Å². The molecule has 0 saturated carbocycles. The van der Waals surface area contributed by atoms with Gasteiger partial charge in [0.05, 0.1) is 29.8 Å². The smallest absolute Gasteiger partial charge is 0.255 e. The second-order valence-corrected chi connectivity index (χ2v) is 8.37. The summed E-state index contributed by atoms with van der Waals surface area (Å²) in [5, 5.41) is 3.00. The molecule has 3 amide bonds. The lowest BCUT2D eigenvalue weighted by atomic mass is 10.0. The molecule has 140 valence electrons. The van der Waals surface area contributed by atoms with Crippen LogP contribution in [-0.4, -0.2) is 57.2 Å². The first-order valence-electron chi connectivity index (χ1n) is 8.31. The number of fused-ring (bicyclic) bond motifs is 1. The Kier molecular flexibility index (Phi) is 6.20. The molecule has 0 spiro atoms. The molecule has 3 rings (SSSR count). The molecule has 2 heterocycles. The zero-order valence-electron chi connectivity index (χ0n) is 14.0. The van der Waals surface area contributed by atoms with Crippen molar-refractivity contribution in [1.29, 1.82) is 0 Å². The molecule has 26 heavy (non-hydrogen) atoms. The van der Waals surface area contributed by atoms with Crippen molar-refractivity contribution >= 4 is 44.5 Å². The van der Waals surface area contributed by atoms with Gasteiger partial charge in [0.2, 0.25) is 11.8 Å². The average Bonchev–Trinajstić information content (AvgIpc) is 2.95. The average molecular weight is 443 g/mol. The van der Waals surface area contributed by atoms with Gasteiger partial charge in [0, 0.05) is 34.3 Å². The van der Waals surface area contributed by atoms with Crippen LogP contribution in [0.25, 0.3) is 0 Å². The Morgan fingerprint density at radius 3 is 2.81 bits per heavy atom. The number of benzene rings is 1. The molecule has 0 bridgehead atoms. The third-order valence-electron chi connectivity index (χ3n) is 4.42. The first-order valence-corrected chi connectivity index (χ1v) is 10.8. The first kappa shape index (κ1) is 19.2. The van der Waals surface area contributed by atoms with E-state index in [1.807, 2.05) is 0 Å². The lowest BCUT2D eigenvalue weighted by Gasteiger charge is -2.29. The maximum atomic E-state index is 12.7. The third kappa shape index (κ3) is 3.89. The first-order chi connectivity index (χ1) is 12.5. The number of halogens is 1. The van der Waals surface area contributed by atoms with Crippen molar-refractivity contribution in [2.45, 2.75) is 30.3 Å². The van der Waals surface area contributed by atoms with E-state index in [1.54, 1.807) is 18.2 Å². The standard InChI is InChI=1S/C17H19BrN2O5S/c18-6-7-25-8-9-26(24)14-3-1-2-11-12(14)10-20(17(11)23)13-4-5-15(21)19-16(13)22/h1-3,13H,4-10H2,(H,19,21,22). The molecule has 1 saturated heterocycles. The maximum Gasteiger partial charge on any atom is 0.255 e. The number of carbonyl (C=O) groups excluding carboxylic acids is 3. The van der Waals surface area contributed by atoms with Gasteiger partial charge in [0.25, 0.3) is 5.91 Å². The van der Waals surface area contributed by atoms with E-state index in [0.717, 1.165) is 5.33 Å². The minimum Gasteiger partial charge on any atom is -0.380 e. The maximum absolute atomic E-state index is 12.7. The Morgan fingerprint density at radius 1 is 1.27 bits per heavy atom. The predicted octanol–water partition coefficient (Wildman–Crippen LogP) is 0.967. The van der Waals surface area contributed by atoms with Crippen LogP contribution in [0, 0.1) is 0 Å². The lowest BCUT2D eigenvalue weighted by molar-refractivity contribution is -0.136. The minimum absolute atomic E-state index is 0.209. The topological polar surface area (TPSA) is 92.8 Å². The summed E-state index contributed by atoms with van der Waals surface area (Å²) in [6, 6.07) is 4.47. The molecule has 2 aliphatic heterocycles. The summed E-state index contributed by atoms with van der Waals surface area (Å²) in [5.74, 6) is -0.686. The molecule has 9 heteroatoms. The van der Waals surface area contributed by atoms with Crippen molar-refractivity contribution in [3.8, 4) is 0 Å². The number of imide groups is 1. The molecule has 1 N–H and O–H groups in total. The Bertz CT molecular complexity index is 770. The fourth-order valence-electron chi connectivity index (χ4n) is 3.17. The van der Waals surface area contributed by atoms with Crippen LogP contribution in [0.1, 0.15) is 28.8 Å². The number of carbonyl (C=O) groups is 3. The van der Waals surface area contributed by atoms with Gasteiger partial charge >= 0.3 is 0 Å². The van der Waals surface area contributed by atoms with Gasteiger partial charge in [0.1, 0.15) is 6.04 Å². The fourth-order valence-corrected chi connectivity index (χ4v) is 4.57. The summed E-state index contributed by atoms with van der Waals surface area (Å²) in [7, 11) is -1.29. The summed E-state index contributed by atoms with van der Waals surface area (Å²) in [6.45, 7) is 1.14. The van der Waals surface area contributed by atoms with Gasteiger partial charge in [-0.15, -0.1) is 0 Å². The second-order valence-electron chi connectivity index (χ2n) is 6.03. The number of hydrogen-bond donors (Lipinski definition) is 1. The monoisotopic (exact) mass is 442 g/mol. The molecule has 2 atom stereocenters. The normalized spacial score (nSPS) is 20.9.